The number of benzene rings is 2. The van der Waals surface area contributed by atoms with Crippen LogP contribution in [0.5, 0.6) is 0 Å². The number of non-ortho nitro benzene ring substituents is 2. The molecule has 0 spiro atoms. The zero-order chi connectivity index (χ0) is 31.1. The Morgan fingerprint density at radius 2 is 1.33 bits per heavy atom. The monoisotopic (exact) mass is 615 g/mol. The number of nitro benzene ring substituents is 2. The van der Waals surface area contributed by atoms with Gasteiger partial charge in [-0.1, -0.05) is 0 Å². The molecule has 2 aromatic carbocycles. The van der Waals surface area contributed by atoms with Gasteiger partial charge in [-0.05, 0) is 41.8 Å². The molecule has 0 aromatic heterocycles. The maximum atomic E-state index is 13.3. The molecule has 228 valence electrons. The van der Waals surface area contributed by atoms with Crippen LogP contribution in [0, 0.1) is 20.2 Å². The van der Waals surface area contributed by atoms with Gasteiger partial charge in [-0.3, -0.25) is 39.6 Å². The van der Waals surface area contributed by atoms with E-state index in [-0.39, 0.29) is 61.9 Å². The zero-order valence-electron chi connectivity index (χ0n) is 22.9. The molecule has 2 aliphatic rings. The highest BCUT2D eigenvalue weighted by molar-refractivity contribution is 7.81. The first-order valence-corrected chi connectivity index (χ1v) is 13.8. The van der Waals surface area contributed by atoms with Crippen LogP contribution < -0.4 is 0 Å². The Morgan fingerprint density at radius 3 is 1.84 bits per heavy atom. The molecule has 2 atom stereocenters. The normalized spacial score (nSPS) is 18.6. The fraction of sp³-hybridized carbons (Fsp3) is 0.407. The number of amides is 2. The van der Waals surface area contributed by atoms with Crippen molar-refractivity contribution in [2.45, 2.75) is 30.9 Å². The molecule has 43 heavy (non-hydrogen) atoms. The minimum Gasteiger partial charge on any atom is -0.455 e. The highest BCUT2D eigenvalue weighted by Crippen LogP contribution is 2.25. The van der Waals surface area contributed by atoms with Crippen molar-refractivity contribution in [3.8, 4) is 0 Å². The molecule has 0 aliphatic carbocycles. The van der Waals surface area contributed by atoms with E-state index in [0.717, 1.165) is 0 Å². The quantitative estimate of drug-likeness (QED) is 0.136. The fourth-order valence-electron chi connectivity index (χ4n) is 4.74. The minimum atomic E-state index is -1.02. The van der Waals surface area contributed by atoms with Gasteiger partial charge in [0.05, 0.1) is 16.4 Å². The molecular weight excluding hydrogens is 586 g/mol. The summed E-state index contributed by atoms with van der Waals surface area (Å²) in [4.78, 5) is 75.9. The molecule has 16 heteroatoms. The van der Waals surface area contributed by atoms with Crippen LogP contribution in [0.1, 0.15) is 17.5 Å². The number of Topliss-reactive ketones (excluding diaryl/α,β-unsaturated/α-hetero) is 1. The highest BCUT2D eigenvalue weighted by Gasteiger charge is 2.41. The average molecular weight is 616 g/mol. The van der Waals surface area contributed by atoms with E-state index < -0.39 is 33.7 Å². The van der Waals surface area contributed by atoms with Gasteiger partial charge in [0, 0.05) is 62.2 Å². The van der Waals surface area contributed by atoms with Gasteiger partial charge < -0.3 is 14.4 Å². The zero-order valence-corrected chi connectivity index (χ0v) is 23.8. The third-order valence-corrected chi connectivity index (χ3v) is 7.48. The Bertz CT molecular complexity index is 1380. The summed E-state index contributed by atoms with van der Waals surface area (Å²) >= 11 is 4.46. The van der Waals surface area contributed by atoms with Gasteiger partial charge in [0.15, 0.2) is 0 Å². The van der Waals surface area contributed by atoms with Crippen LogP contribution in [0.2, 0.25) is 0 Å². The van der Waals surface area contributed by atoms with Crippen molar-refractivity contribution >= 4 is 47.8 Å². The van der Waals surface area contributed by atoms with Gasteiger partial charge in [-0.2, -0.15) is 12.6 Å². The summed E-state index contributed by atoms with van der Waals surface area (Å²) in [6, 6.07) is 10.3. The molecular formula is C27H29N5O10S. The van der Waals surface area contributed by atoms with Crippen LogP contribution in [-0.2, 0) is 37.1 Å². The second kappa shape index (κ2) is 14.1. The number of ether oxygens (including phenoxy) is 2. The van der Waals surface area contributed by atoms with Crippen LogP contribution in [0.4, 0.5) is 16.2 Å². The van der Waals surface area contributed by atoms with E-state index in [4.69, 9.17) is 9.47 Å². The molecule has 0 radical (unpaired) electrons. The lowest BCUT2D eigenvalue weighted by atomic mass is 10.1. The van der Waals surface area contributed by atoms with Crippen molar-refractivity contribution in [2.24, 2.45) is 0 Å². The lowest BCUT2D eigenvalue weighted by Crippen LogP contribution is -2.55. The van der Waals surface area contributed by atoms with Gasteiger partial charge in [0.1, 0.15) is 19.3 Å². The van der Waals surface area contributed by atoms with Crippen molar-refractivity contribution in [2.75, 3.05) is 39.3 Å². The SMILES string of the molecule is O=C(CN1CCN(C(=O)[C@@H]2C[C@H](S)CN2C(=O)OCc2ccc([N+](=O)[O-])cc2)CC1)C(=O)OCc1ccc([N+](=O)[O-])cc1. The van der Waals surface area contributed by atoms with Crippen LogP contribution in [0.3, 0.4) is 0 Å². The molecule has 2 aromatic rings. The minimum absolute atomic E-state index is 0.0812. The number of hydrogen-bond acceptors (Lipinski definition) is 12. The number of piperazine rings is 1. The van der Waals surface area contributed by atoms with Gasteiger partial charge >= 0.3 is 12.1 Å². The largest absolute Gasteiger partial charge is 0.455 e. The molecule has 4 rings (SSSR count). The van der Waals surface area contributed by atoms with E-state index in [1.165, 1.54) is 53.4 Å². The predicted molar refractivity (Wildman–Crippen MR) is 152 cm³/mol. The lowest BCUT2D eigenvalue weighted by Gasteiger charge is -2.36. The average Bonchev–Trinajstić information content (AvgIpc) is 3.40. The molecule has 0 saturated carbocycles. The molecule has 2 amide bonds. The Hall–Kier alpha value is -4.57. The Balaban J connectivity index is 1.22. The molecule has 15 nitrogen and oxygen atoms in total. The Labute approximate surface area is 251 Å². The molecule has 2 fully saturated rings. The first kappa shape index (κ1) is 31.4. The summed E-state index contributed by atoms with van der Waals surface area (Å²) < 4.78 is 10.4. The first-order chi connectivity index (χ1) is 20.5. The topological polar surface area (TPSA) is 183 Å². The number of nitrogens with zero attached hydrogens (tertiary/aromatic N) is 5. The number of thiol groups is 1. The Kier molecular flexibility index (Phi) is 10.3. The van der Waals surface area contributed by atoms with Gasteiger partial charge in [-0.15, -0.1) is 0 Å². The summed E-state index contributed by atoms with van der Waals surface area (Å²) in [6.07, 6.45) is -0.349. The molecule has 0 unspecified atom stereocenters. The van der Waals surface area contributed by atoms with Gasteiger partial charge in [0.25, 0.3) is 17.2 Å². The second-order valence-corrected chi connectivity index (χ2v) is 10.8. The maximum absolute atomic E-state index is 13.3. The summed E-state index contributed by atoms with van der Waals surface area (Å²) in [5, 5.41) is 21.3. The van der Waals surface area contributed by atoms with E-state index >= 15 is 0 Å². The van der Waals surface area contributed by atoms with Crippen molar-refractivity contribution in [1.29, 1.82) is 0 Å². The van der Waals surface area contributed by atoms with Gasteiger partial charge in [-0.25, -0.2) is 9.59 Å². The van der Waals surface area contributed by atoms with Crippen LogP contribution in [0.25, 0.3) is 0 Å². The van der Waals surface area contributed by atoms with Crippen molar-refractivity contribution in [1.82, 2.24) is 14.7 Å². The van der Waals surface area contributed by atoms with E-state index in [9.17, 15) is 39.4 Å². The fourth-order valence-corrected chi connectivity index (χ4v) is 5.12. The standard InChI is InChI=1S/C27H29N5O10S/c33-24(26(35)41-16-18-1-5-20(6-2-18)31(37)38)15-28-9-11-29(12-10-28)25(34)23-13-22(43)14-30(23)27(36)42-17-19-3-7-21(8-4-19)32(39)40/h1-8,22-23,43H,9-17H2/t22-,23-/m0/s1. The summed E-state index contributed by atoms with van der Waals surface area (Å²) in [7, 11) is 0. The molecule has 0 N–H and O–H groups in total. The molecule has 2 heterocycles. The highest BCUT2D eigenvalue weighted by atomic mass is 32.1. The van der Waals surface area contributed by atoms with E-state index in [1.54, 1.807) is 9.80 Å². The third-order valence-electron chi connectivity index (χ3n) is 7.10. The number of likely N-dealkylation sites (tertiary alicyclic amines) is 1. The number of ketones is 1. The number of nitro groups is 2. The number of carbonyl (C=O) groups is 4. The van der Waals surface area contributed by atoms with E-state index in [0.29, 0.717) is 30.6 Å². The molecule has 2 aliphatic heterocycles. The second-order valence-electron chi connectivity index (χ2n) is 10.1. The third kappa shape index (κ3) is 8.26. The van der Waals surface area contributed by atoms with Crippen LogP contribution in [0.15, 0.2) is 48.5 Å². The van der Waals surface area contributed by atoms with Crippen LogP contribution >= 0.6 is 12.6 Å². The molecule has 2 saturated heterocycles. The van der Waals surface area contributed by atoms with E-state index in [1.807, 2.05) is 0 Å². The maximum Gasteiger partial charge on any atom is 0.410 e. The van der Waals surface area contributed by atoms with E-state index in [2.05, 4.69) is 12.6 Å². The number of esters is 1. The first-order valence-electron chi connectivity index (χ1n) is 13.3. The summed E-state index contributed by atoms with van der Waals surface area (Å²) in [5.41, 5.74) is 0.875. The summed E-state index contributed by atoms with van der Waals surface area (Å²) in [5.74, 6) is -2.04. The Morgan fingerprint density at radius 1 is 0.814 bits per heavy atom. The van der Waals surface area contributed by atoms with Crippen LogP contribution in [-0.4, -0.2) is 98.9 Å². The van der Waals surface area contributed by atoms with Crippen molar-refractivity contribution < 1.29 is 38.5 Å². The van der Waals surface area contributed by atoms with Crippen molar-refractivity contribution in [3.63, 3.8) is 0 Å². The molecule has 0 bridgehead atoms. The number of carbonyl (C=O) groups excluding carboxylic acids is 4. The number of rotatable bonds is 10. The summed E-state index contributed by atoms with van der Waals surface area (Å²) in [6.45, 7) is 0.926. The van der Waals surface area contributed by atoms with Gasteiger partial charge in [0.2, 0.25) is 5.91 Å². The lowest BCUT2D eigenvalue weighted by molar-refractivity contribution is -0.385. The van der Waals surface area contributed by atoms with Crippen molar-refractivity contribution in [3.05, 3.63) is 79.9 Å². The number of hydrogen-bond donors (Lipinski definition) is 1. The predicted octanol–water partition coefficient (Wildman–Crippen LogP) is 1.97. The smallest absolute Gasteiger partial charge is 0.410 e.